The average Bonchev–Trinajstić information content (AvgIpc) is 0.722. The minimum atomic E-state index is -5.61. The van der Waals surface area contributed by atoms with Crippen molar-refractivity contribution in [2.75, 3.05) is 0 Å². The maximum atomic E-state index is 8.58. The van der Waals surface area contributed by atoms with Crippen molar-refractivity contribution in [1.29, 1.82) is 0 Å². The molecule has 0 aromatic rings. The molecule has 4 nitrogen and oxygen atoms in total. The summed E-state index contributed by atoms with van der Waals surface area (Å²) in [4.78, 5) is 34.3. The predicted octanol–water partition coefficient (Wildman–Crippen LogP) is -8.52. The topological polar surface area (TPSA) is 92.2 Å². The van der Waals surface area contributed by atoms with Crippen LogP contribution in [0.3, 0.4) is 0 Å². The van der Waals surface area contributed by atoms with Crippen molar-refractivity contribution in [2.24, 2.45) is 0 Å². The molecule has 0 heterocycles. The minimum Gasteiger partial charge on any atom is -0.894 e. The Bertz CT molecular complexity index is 31.5. The van der Waals surface area contributed by atoms with E-state index in [9.17, 15) is 0 Å². The fraction of sp³-hybridized carbons (Fsp3) is 0. The summed E-state index contributed by atoms with van der Waals surface area (Å²) >= 11 is 0. The van der Waals surface area contributed by atoms with E-state index < -0.39 is 9.05 Å². The fourth-order valence-corrected chi connectivity index (χ4v) is 0. The molecule has 0 amide bonds. The van der Waals surface area contributed by atoms with Gasteiger partial charge in [-0.2, -0.15) is 0 Å². The van der Waals surface area contributed by atoms with Gasteiger partial charge in [-0.15, -0.1) is 0 Å². The maximum Gasteiger partial charge on any atom is 2.00 e. The fourth-order valence-electron chi connectivity index (χ4n) is 0. The Kier molecular flexibility index (Phi) is 25.4. The molecule has 0 N–H and O–H groups in total. The molecule has 0 aromatic heterocycles. The van der Waals surface area contributed by atoms with Gasteiger partial charge in [-0.1, -0.05) is 0 Å². The molecular formula is LiMgO4SiZn+. The molecule has 0 aliphatic carbocycles. The molecule has 0 aromatic carbocycles. The van der Waals surface area contributed by atoms with Crippen LogP contribution in [0.1, 0.15) is 0 Å². The van der Waals surface area contributed by atoms with Crippen LogP contribution in [0, 0.1) is 0 Å². The minimum absolute atomic E-state index is 0. The van der Waals surface area contributed by atoms with E-state index >= 15 is 0 Å². The van der Waals surface area contributed by atoms with E-state index in [-0.39, 0.29) is 61.4 Å². The van der Waals surface area contributed by atoms with Gasteiger partial charge in [0.25, 0.3) is 0 Å². The van der Waals surface area contributed by atoms with Gasteiger partial charge in [-0.05, 0) is 0 Å². The Morgan fingerprint density at radius 3 is 0.875 bits per heavy atom. The van der Waals surface area contributed by atoms with Crippen LogP contribution in [0.4, 0.5) is 0 Å². The Morgan fingerprint density at radius 1 is 0.875 bits per heavy atom. The molecule has 0 bridgehead atoms. The summed E-state index contributed by atoms with van der Waals surface area (Å²) in [6, 6.07) is 0. The number of rotatable bonds is 0. The molecule has 0 saturated carbocycles. The second-order valence-electron chi connectivity index (χ2n) is 0.500. The third kappa shape index (κ3) is 95.5. The summed E-state index contributed by atoms with van der Waals surface area (Å²) in [6.07, 6.45) is 0. The first-order valence-electron chi connectivity index (χ1n) is 0.816. The molecule has 32 valence electrons. The molecular weight excluding hydrogens is 189 g/mol. The SMILES string of the molecule is [Li+].[Mg+2].[O-][Si]([O-])([O-])[O-].[Zn+2]. The van der Waals surface area contributed by atoms with Crippen LogP contribution in [0.15, 0.2) is 0 Å². The third-order valence-corrected chi connectivity index (χ3v) is 0. The van der Waals surface area contributed by atoms with Crippen LogP contribution in [-0.2, 0) is 19.5 Å². The molecule has 8 heavy (non-hydrogen) atoms. The summed E-state index contributed by atoms with van der Waals surface area (Å²) in [6.45, 7) is 0. The Labute approximate surface area is 88.9 Å². The molecule has 0 radical (unpaired) electrons. The second kappa shape index (κ2) is 9.04. The zero-order chi connectivity index (χ0) is 4.50. The predicted molar refractivity (Wildman–Crippen MR) is 11.5 cm³/mol. The Hall–Kier alpha value is 2.04. The largest absolute Gasteiger partial charge is 2.00 e. The first kappa shape index (κ1) is 22.5. The number of hydrogen-bond donors (Lipinski definition) is 0. The molecule has 0 unspecified atom stereocenters. The summed E-state index contributed by atoms with van der Waals surface area (Å²) in [5.74, 6) is 0. The summed E-state index contributed by atoms with van der Waals surface area (Å²) in [5.41, 5.74) is 0. The monoisotopic (exact) mass is 187 g/mol. The first-order chi connectivity index (χ1) is 2.00. The van der Waals surface area contributed by atoms with Crippen LogP contribution in [0.5, 0.6) is 0 Å². The van der Waals surface area contributed by atoms with Gasteiger partial charge in [0.05, 0.1) is 0 Å². The summed E-state index contributed by atoms with van der Waals surface area (Å²) in [7, 11) is -5.61. The molecule has 0 aliphatic rings. The average molecular weight is 189 g/mol. The van der Waals surface area contributed by atoms with E-state index in [4.69, 9.17) is 19.2 Å². The van der Waals surface area contributed by atoms with Crippen molar-refractivity contribution in [2.45, 2.75) is 0 Å². The standard InChI is InChI=1S/Li.Mg.O4Si.Zn/c;;1-5(2,3)4;/q+1;+2;-4;+2. The van der Waals surface area contributed by atoms with Gasteiger partial charge in [-0.3, -0.25) is 0 Å². The molecule has 8 heteroatoms. The van der Waals surface area contributed by atoms with Crippen molar-refractivity contribution in [3.05, 3.63) is 0 Å². The van der Waals surface area contributed by atoms with Crippen molar-refractivity contribution in [3.8, 4) is 0 Å². The second-order valence-corrected chi connectivity index (χ2v) is 1.50. The molecule has 0 aliphatic heterocycles. The maximum absolute atomic E-state index is 8.58. The molecule has 0 fully saturated rings. The van der Waals surface area contributed by atoms with E-state index in [2.05, 4.69) is 0 Å². The zero-order valence-electron chi connectivity index (χ0n) is 4.55. The third-order valence-electron chi connectivity index (χ3n) is 0. The van der Waals surface area contributed by atoms with Crippen LogP contribution in [0.2, 0.25) is 0 Å². The van der Waals surface area contributed by atoms with Crippen LogP contribution in [-0.4, -0.2) is 32.1 Å². The van der Waals surface area contributed by atoms with E-state index in [1.54, 1.807) is 0 Å². The molecule has 0 atom stereocenters. The van der Waals surface area contributed by atoms with Crippen LogP contribution < -0.4 is 38.0 Å². The summed E-state index contributed by atoms with van der Waals surface area (Å²) in [5, 5.41) is 0. The van der Waals surface area contributed by atoms with Gasteiger partial charge in [0.2, 0.25) is 0 Å². The number of hydrogen-bond acceptors (Lipinski definition) is 4. The van der Waals surface area contributed by atoms with Crippen molar-refractivity contribution >= 4 is 32.1 Å². The molecule has 0 rings (SSSR count). The first-order valence-corrected chi connectivity index (χ1v) is 2.45. The molecule has 0 saturated heterocycles. The smallest absolute Gasteiger partial charge is 0.894 e. The molecule has 0 spiro atoms. The Morgan fingerprint density at radius 2 is 0.875 bits per heavy atom. The summed E-state index contributed by atoms with van der Waals surface area (Å²) < 4.78 is 0. The normalized spacial score (nSPS) is 7.50. The van der Waals surface area contributed by atoms with E-state index in [0.29, 0.717) is 0 Å². The zero-order valence-corrected chi connectivity index (χ0v) is 9.93. The van der Waals surface area contributed by atoms with Gasteiger partial charge >= 0.3 is 61.4 Å². The van der Waals surface area contributed by atoms with Crippen molar-refractivity contribution in [3.63, 3.8) is 0 Å². The van der Waals surface area contributed by atoms with Gasteiger partial charge in [0.15, 0.2) is 0 Å². The van der Waals surface area contributed by atoms with Gasteiger partial charge in [-0.25, -0.2) is 0 Å². The van der Waals surface area contributed by atoms with E-state index in [1.807, 2.05) is 0 Å². The van der Waals surface area contributed by atoms with Crippen molar-refractivity contribution < 1.29 is 57.5 Å². The van der Waals surface area contributed by atoms with E-state index in [1.165, 1.54) is 0 Å². The van der Waals surface area contributed by atoms with Gasteiger partial charge < -0.3 is 28.2 Å². The van der Waals surface area contributed by atoms with Gasteiger partial charge in [0.1, 0.15) is 0 Å². The van der Waals surface area contributed by atoms with Gasteiger partial charge in [0, 0.05) is 0 Å². The van der Waals surface area contributed by atoms with Crippen LogP contribution in [0.25, 0.3) is 0 Å². The van der Waals surface area contributed by atoms with E-state index in [0.717, 1.165) is 0 Å². The van der Waals surface area contributed by atoms with Crippen molar-refractivity contribution in [1.82, 2.24) is 0 Å². The quantitative estimate of drug-likeness (QED) is 0.353. The Balaban J connectivity index is -0.0000000267. The van der Waals surface area contributed by atoms with Crippen LogP contribution >= 0.6 is 0 Å².